The average Bonchev–Trinajstić information content (AvgIpc) is 3.23. The predicted octanol–water partition coefficient (Wildman–Crippen LogP) is 5.82. The van der Waals surface area contributed by atoms with Crippen LogP contribution in [0.5, 0.6) is 0 Å². The minimum Gasteiger partial charge on any atom is -0.465 e. The molecule has 0 heterocycles. The lowest BCUT2D eigenvalue weighted by atomic mass is 9.67. The monoisotopic (exact) mass is 745 g/mol. The van der Waals surface area contributed by atoms with E-state index in [1.165, 1.54) is 0 Å². The summed E-state index contributed by atoms with van der Waals surface area (Å²) in [6.07, 6.45) is 5.37. The molecule has 1 fully saturated rings. The van der Waals surface area contributed by atoms with Crippen LogP contribution in [-0.2, 0) is 45.5 Å². The van der Waals surface area contributed by atoms with Crippen LogP contribution in [0.25, 0.3) is 0 Å². The molecule has 0 radical (unpaired) electrons. The van der Waals surface area contributed by atoms with Crippen molar-refractivity contribution in [1.29, 1.82) is 0 Å². The summed E-state index contributed by atoms with van der Waals surface area (Å²) in [4.78, 5) is 67.3. The second-order valence-corrected chi connectivity index (χ2v) is 14.0. The number of carbonyl (C=O) groups is 5. The van der Waals surface area contributed by atoms with Crippen LogP contribution in [0.4, 0.5) is 0 Å². The van der Waals surface area contributed by atoms with Gasteiger partial charge in [-0.3, -0.25) is 24.0 Å². The van der Waals surface area contributed by atoms with Crippen LogP contribution in [0.2, 0.25) is 0 Å². The molecular weight excluding hydrogens is 695 g/mol. The molecular formula is C45H51N3O7. The highest BCUT2D eigenvalue weighted by atomic mass is 16.5. The van der Waals surface area contributed by atoms with Crippen LogP contribution in [0, 0.1) is 5.92 Å². The third-order valence-electron chi connectivity index (χ3n) is 10.1. The fraction of sp³-hybridized carbons (Fsp3) is 0.356. The maximum Gasteiger partial charge on any atom is 0.325 e. The summed E-state index contributed by atoms with van der Waals surface area (Å²) in [7, 11) is 0. The number of ketones is 1. The van der Waals surface area contributed by atoms with Crippen molar-refractivity contribution in [2.75, 3.05) is 19.8 Å². The maximum atomic E-state index is 14.5. The summed E-state index contributed by atoms with van der Waals surface area (Å²) in [5.41, 5.74) is 2.72. The van der Waals surface area contributed by atoms with E-state index in [-0.39, 0.29) is 38.1 Å². The van der Waals surface area contributed by atoms with Crippen LogP contribution in [-0.4, -0.2) is 61.3 Å². The van der Waals surface area contributed by atoms with Gasteiger partial charge in [0, 0.05) is 6.42 Å². The summed E-state index contributed by atoms with van der Waals surface area (Å²) >= 11 is 0. The number of amides is 3. The molecule has 4 aromatic carbocycles. The number of benzene rings is 4. The summed E-state index contributed by atoms with van der Waals surface area (Å²) in [6, 6.07) is 36.5. The number of esters is 1. The Morgan fingerprint density at radius 2 is 1.22 bits per heavy atom. The van der Waals surface area contributed by atoms with Crippen molar-refractivity contribution in [2.24, 2.45) is 5.92 Å². The molecule has 0 aromatic heterocycles. The Morgan fingerprint density at radius 1 is 0.691 bits per heavy atom. The summed E-state index contributed by atoms with van der Waals surface area (Å²) in [5.74, 6) is -3.50. The summed E-state index contributed by atoms with van der Waals surface area (Å²) < 4.78 is 10.7. The van der Waals surface area contributed by atoms with Crippen molar-refractivity contribution in [3.63, 3.8) is 0 Å². The van der Waals surface area contributed by atoms with Gasteiger partial charge >= 0.3 is 5.97 Å². The molecule has 10 heteroatoms. The molecule has 4 aromatic rings. The third kappa shape index (κ3) is 11.4. The van der Waals surface area contributed by atoms with Crippen LogP contribution < -0.4 is 16.0 Å². The van der Waals surface area contributed by atoms with Gasteiger partial charge in [-0.25, -0.2) is 0 Å². The first-order valence-corrected chi connectivity index (χ1v) is 19.2. The lowest BCUT2D eigenvalue weighted by Gasteiger charge is -2.36. The van der Waals surface area contributed by atoms with Crippen molar-refractivity contribution in [3.8, 4) is 0 Å². The Kier molecular flexibility index (Phi) is 15.3. The van der Waals surface area contributed by atoms with E-state index in [1.54, 1.807) is 6.92 Å². The Morgan fingerprint density at radius 3 is 1.75 bits per heavy atom. The predicted molar refractivity (Wildman–Crippen MR) is 210 cm³/mol. The highest BCUT2D eigenvalue weighted by Crippen LogP contribution is 2.42. The van der Waals surface area contributed by atoms with Gasteiger partial charge < -0.3 is 25.4 Å². The molecule has 0 saturated heterocycles. The van der Waals surface area contributed by atoms with Gasteiger partial charge in [-0.1, -0.05) is 153 Å². The van der Waals surface area contributed by atoms with Gasteiger partial charge in [0.2, 0.25) is 17.6 Å². The van der Waals surface area contributed by atoms with Crippen molar-refractivity contribution in [3.05, 3.63) is 144 Å². The van der Waals surface area contributed by atoms with Crippen molar-refractivity contribution >= 4 is 29.5 Å². The number of carbonyl (C=O) groups excluding carboxylic acids is 5. The summed E-state index contributed by atoms with van der Waals surface area (Å²) in [5, 5.41) is 8.11. The molecule has 0 bridgehead atoms. The molecule has 2 atom stereocenters. The number of ether oxygens (including phenoxy) is 2. The molecule has 288 valence electrons. The molecule has 0 unspecified atom stereocenters. The van der Waals surface area contributed by atoms with Crippen molar-refractivity contribution in [1.82, 2.24) is 16.0 Å². The van der Waals surface area contributed by atoms with Crippen molar-refractivity contribution < 1.29 is 33.4 Å². The van der Waals surface area contributed by atoms with E-state index < -0.39 is 47.6 Å². The second-order valence-electron chi connectivity index (χ2n) is 14.0. The zero-order valence-corrected chi connectivity index (χ0v) is 31.4. The Balaban J connectivity index is 1.42. The zero-order chi connectivity index (χ0) is 38.9. The largest absolute Gasteiger partial charge is 0.465 e. The molecule has 1 aliphatic carbocycles. The van der Waals surface area contributed by atoms with Gasteiger partial charge in [-0.05, 0) is 41.5 Å². The first-order chi connectivity index (χ1) is 26.8. The molecule has 3 amide bonds. The van der Waals surface area contributed by atoms with Gasteiger partial charge in [-0.15, -0.1) is 0 Å². The lowest BCUT2D eigenvalue weighted by molar-refractivity contribution is -0.146. The number of Topliss-reactive ketones (excluding diaryl/α,β-unsaturated/α-hetero) is 1. The standard InChI is InChI=1S/C45H51N3O7/c1-2-55-41(50)30-46-44(53)42(51)39(32-54-31-34-20-10-4-11-21-34)48-43(52)38(28-33-18-8-3-9-19-33)47-40(49)29-45(35-22-12-5-13-23-35,36-24-14-6-15-25-36)37-26-16-7-17-27-37/h4-7,10-17,20-27,33,38-39H,2-3,8-9,18-19,28-32H2,1H3,(H,46,53)(H,47,49)(H,48,52)/t38-,39-/m0/s1. The Hall–Kier alpha value is -5.61. The number of nitrogens with one attached hydrogen (secondary N) is 3. The van der Waals surface area contributed by atoms with E-state index in [4.69, 9.17) is 9.47 Å². The minimum absolute atomic E-state index is 0.00169. The first-order valence-electron chi connectivity index (χ1n) is 19.2. The molecule has 5 rings (SSSR count). The van der Waals surface area contributed by atoms with Gasteiger partial charge in [0.15, 0.2) is 0 Å². The second kappa shape index (κ2) is 20.7. The van der Waals surface area contributed by atoms with E-state index in [2.05, 4.69) is 16.0 Å². The normalized spacial score (nSPS) is 14.2. The lowest BCUT2D eigenvalue weighted by Crippen LogP contribution is -2.56. The molecule has 1 saturated carbocycles. The zero-order valence-electron chi connectivity index (χ0n) is 31.4. The van der Waals surface area contributed by atoms with Crippen LogP contribution in [0.3, 0.4) is 0 Å². The average molecular weight is 746 g/mol. The number of hydrogen-bond acceptors (Lipinski definition) is 7. The van der Waals surface area contributed by atoms with E-state index in [1.807, 2.05) is 121 Å². The third-order valence-corrected chi connectivity index (χ3v) is 10.1. The Labute approximate surface area is 323 Å². The van der Waals surface area contributed by atoms with E-state index >= 15 is 0 Å². The van der Waals surface area contributed by atoms with Crippen LogP contribution >= 0.6 is 0 Å². The molecule has 55 heavy (non-hydrogen) atoms. The van der Waals surface area contributed by atoms with Gasteiger partial charge in [0.05, 0.1) is 25.2 Å². The highest BCUT2D eigenvalue weighted by molar-refractivity contribution is 6.38. The minimum atomic E-state index is -1.39. The quantitative estimate of drug-likeness (QED) is 0.0625. The first kappa shape index (κ1) is 40.6. The SMILES string of the molecule is CCOC(=O)CNC(=O)C(=O)[C@H](COCc1ccccc1)NC(=O)[C@H](CC1CCCCC1)NC(=O)CC(c1ccccc1)(c1ccccc1)c1ccccc1. The van der Waals surface area contributed by atoms with E-state index in [9.17, 15) is 24.0 Å². The molecule has 3 N–H and O–H groups in total. The smallest absolute Gasteiger partial charge is 0.325 e. The van der Waals surface area contributed by atoms with Gasteiger partial charge in [0.1, 0.15) is 18.6 Å². The van der Waals surface area contributed by atoms with Crippen molar-refractivity contribution in [2.45, 2.75) is 76.0 Å². The van der Waals surface area contributed by atoms with E-state index in [0.29, 0.717) is 6.42 Å². The molecule has 1 aliphatic rings. The number of hydrogen-bond donors (Lipinski definition) is 3. The topological polar surface area (TPSA) is 140 Å². The van der Waals surface area contributed by atoms with Gasteiger partial charge in [0.25, 0.3) is 5.91 Å². The Bertz CT molecular complexity index is 1740. The van der Waals surface area contributed by atoms with Crippen LogP contribution in [0.1, 0.15) is 74.1 Å². The van der Waals surface area contributed by atoms with E-state index in [0.717, 1.165) is 54.4 Å². The number of rotatable bonds is 19. The molecule has 10 nitrogen and oxygen atoms in total. The fourth-order valence-corrected chi connectivity index (χ4v) is 7.38. The van der Waals surface area contributed by atoms with Gasteiger partial charge in [-0.2, -0.15) is 0 Å². The highest BCUT2D eigenvalue weighted by Gasteiger charge is 2.40. The van der Waals surface area contributed by atoms with Crippen LogP contribution in [0.15, 0.2) is 121 Å². The maximum absolute atomic E-state index is 14.5. The fourth-order valence-electron chi connectivity index (χ4n) is 7.38. The molecule has 0 spiro atoms. The molecule has 0 aliphatic heterocycles. The summed E-state index contributed by atoms with van der Waals surface area (Å²) in [6.45, 7) is 1.07.